The Kier molecular flexibility index (Phi) is 4.66. The molecule has 3 heteroatoms. The smallest absolute Gasteiger partial charge is 0.130 e. The van der Waals surface area contributed by atoms with Crippen LogP contribution in [0.4, 0.5) is 5.82 Å². The van der Waals surface area contributed by atoms with E-state index in [2.05, 4.69) is 40.2 Å². The first-order valence-electron chi connectivity index (χ1n) is 7.54. The van der Waals surface area contributed by atoms with Crippen molar-refractivity contribution in [1.82, 2.24) is 4.98 Å². The lowest BCUT2D eigenvalue weighted by Gasteiger charge is -2.24. The molecule has 0 unspecified atom stereocenters. The van der Waals surface area contributed by atoms with Gasteiger partial charge in [-0.2, -0.15) is 5.26 Å². The number of aromatic nitrogens is 1. The van der Waals surface area contributed by atoms with Crippen LogP contribution < -0.4 is 4.90 Å². The third kappa shape index (κ3) is 3.96. The van der Waals surface area contributed by atoms with Gasteiger partial charge < -0.3 is 4.90 Å². The van der Waals surface area contributed by atoms with Gasteiger partial charge in [0, 0.05) is 19.3 Å². The summed E-state index contributed by atoms with van der Waals surface area (Å²) in [6.07, 6.45) is 1.69. The Morgan fingerprint density at radius 2 is 1.39 bits per heavy atom. The molecule has 23 heavy (non-hydrogen) atoms. The topological polar surface area (TPSA) is 39.9 Å². The molecule has 0 atom stereocenters. The van der Waals surface area contributed by atoms with E-state index >= 15 is 0 Å². The molecule has 0 aliphatic carbocycles. The predicted molar refractivity (Wildman–Crippen MR) is 91.7 cm³/mol. The van der Waals surface area contributed by atoms with Gasteiger partial charge in [0.25, 0.3) is 0 Å². The van der Waals surface area contributed by atoms with Crippen molar-refractivity contribution in [1.29, 1.82) is 5.26 Å². The van der Waals surface area contributed by atoms with Crippen molar-refractivity contribution in [3.63, 3.8) is 0 Å². The number of rotatable bonds is 5. The second kappa shape index (κ2) is 7.24. The molecule has 3 rings (SSSR count). The van der Waals surface area contributed by atoms with E-state index in [1.54, 1.807) is 12.3 Å². The van der Waals surface area contributed by atoms with Crippen LogP contribution in [0.3, 0.4) is 0 Å². The molecule has 0 saturated carbocycles. The van der Waals surface area contributed by atoms with Crippen LogP contribution in [0.25, 0.3) is 0 Å². The molecule has 0 fully saturated rings. The Hall–Kier alpha value is -3.12. The summed E-state index contributed by atoms with van der Waals surface area (Å²) in [5, 5.41) is 9.13. The van der Waals surface area contributed by atoms with Crippen molar-refractivity contribution >= 4 is 5.82 Å². The SMILES string of the molecule is N#Cc1ccnc(N(Cc2ccccc2)Cc2ccccc2)c1. The fourth-order valence-electron chi connectivity index (χ4n) is 2.49. The first-order valence-corrected chi connectivity index (χ1v) is 7.54. The molecule has 0 aliphatic rings. The molecule has 1 aromatic heterocycles. The van der Waals surface area contributed by atoms with E-state index in [-0.39, 0.29) is 0 Å². The summed E-state index contributed by atoms with van der Waals surface area (Å²) in [7, 11) is 0. The number of hydrogen-bond donors (Lipinski definition) is 0. The van der Waals surface area contributed by atoms with Crippen LogP contribution in [0.15, 0.2) is 79.0 Å². The maximum atomic E-state index is 9.13. The average molecular weight is 299 g/mol. The standard InChI is InChI=1S/C20H17N3/c21-14-19-11-12-22-20(13-19)23(15-17-7-3-1-4-8-17)16-18-9-5-2-6-10-18/h1-13H,15-16H2. The predicted octanol–water partition coefficient (Wildman–Crippen LogP) is 4.16. The lowest BCUT2D eigenvalue weighted by molar-refractivity contribution is 0.783. The highest BCUT2D eigenvalue weighted by atomic mass is 15.2. The fourth-order valence-corrected chi connectivity index (χ4v) is 2.49. The molecule has 0 spiro atoms. The lowest BCUT2D eigenvalue weighted by atomic mass is 10.1. The van der Waals surface area contributed by atoms with E-state index in [0.717, 1.165) is 18.9 Å². The van der Waals surface area contributed by atoms with Crippen molar-refractivity contribution in [2.45, 2.75) is 13.1 Å². The van der Waals surface area contributed by atoms with E-state index in [4.69, 9.17) is 5.26 Å². The number of pyridine rings is 1. The second-order valence-electron chi connectivity index (χ2n) is 5.34. The van der Waals surface area contributed by atoms with Crippen LogP contribution in [0, 0.1) is 11.3 Å². The van der Waals surface area contributed by atoms with Crippen molar-refractivity contribution in [3.05, 3.63) is 95.7 Å². The number of benzene rings is 2. The number of anilines is 1. The molecule has 3 aromatic rings. The normalized spacial score (nSPS) is 10.0. The van der Waals surface area contributed by atoms with Crippen LogP contribution in [0.1, 0.15) is 16.7 Å². The van der Waals surface area contributed by atoms with Crippen molar-refractivity contribution < 1.29 is 0 Å². The van der Waals surface area contributed by atoms with Crippen LogP contribution >= 0.6 is 0 Å². The molecule has 0 aliphatic heterocycles. The van der Waals surface area contributed by atoms with Crippen LogP contribution in [-0.4, -0.2) is 4.98 Å². The van der Waals surface area contributed by atoms with E-state index < -0.39 is 0 Å². The highest BCUT2D eigenvalue weighted by Crippen LogP contribution is 2.19. The molecule has 0 amide bonds. The lowest BCUT2D eigenvalue weighted by Crippen LogP contribution is -2.23. The summed E-state index contributed by atoms with van der Waals surface area (Å²) in [6, 6.07) is 26.3. The van der Waals surface area contributed by atoms with Gasteiger partial charge in [-0.25, -0.2) is 4.98 Å². The van der Waals surface area contributed by atoms with Crippen molar-refractivity contribution in [2.75, 3.05) is 4.90 Å². The van der Waals surface area contributed by atoms with E-state index in [9.17, 15) is 0 Å². The maximum Gasteiger partial charge on any atom is 0.130 e. The summed E-state index contributed by atoms with van der Waals surface area (Å²) in [5.41, 5.74) is 3.06. The van der Waals surface area contributed by atoms with Crippen molar-refractivity contribution in [3.8, 4) is 6.07 Å². The minimum atomic E-state index is 0.626. The Morgan fingerprint density at radius 1 is 0.826 bits per heavy atom. The number of hydrogen-bond acceptors (Lipinski definition) is 3. The molecule has 3 nitrogen and oxygen atoms in total. The minimum Gasteiger partial charge on any atom is -0.348 e. The number of nitrogens with zero attached hydrogens (tertiary/aromatic N) is 3. The Balaban J connectivity index is 1.90. The summed E-state index contributed by atoms with van der Waals surface area (Å²) < 4.78 is 0. The first kappa shape index (κ1) is 14.8. The van der Waals surface area contributed by atoms with Crippen molar-refractivity contribution in [2.24, 2.45) is 0 Å². The average Bonchev–Trinajstić information content (AvgIpc) is 2.63. The largest absolute Gasteiger partial charge is 0.348 e. The van der Waals surface area contributed by atoms with Gasteiger partial charge in [-0.1, -0.05) is 60.7 Å². The zero-order chi connectivity index (χ0) is 15.9. The van der Waals surface area contributed by atoms with Crippen LogP contribution in [-0.2, 0) is 13.1 Å². The van der Waals surface area contributed by atoms with Gasteiger partial charge in [-0.3, -0.25) is 0 Å². The van der Waals surface area contributed by atoms with E-state index in [1.807, 2.05) is 42.5 Å². The third-order valence-electron chi connectivity index (χ3n) is 3.63. The highest BCUT2D eigenvalue weighted by Gasteiger charge is 2.10. The molecule has 0 radical (unpaired) electrons. The maximum absolute atomic E-state index is 9.13. The monoisotopic (exact) mass is 299 g/mol. The molecule has 0 N–H and O–H groups in total. The summed E-state index contributed by atoms with van der Waals surface area (Å²) in [6.45, 7) is 1.50. The molecule has 1 heterocycles. The fraction of sp³-hybridized carbons (Fsp3) is 0.100. The quantitative estimate of drug-likeness (QED) is 0.710. The van der Waals surface area contributed by atoms with E-state index in [1.165, 1.54) is 11.1 Å². The number of nitriles is 1. The molecule has 2 aromatic carbocycles. The zero-order valence-corrected chi connectivity index (χ0v) is 12.8. The Bertz CT molecular complexity index is 750. The molecular weight excluding hydrogens is 282 g/mol. The van der Waals surface area contributed by atoms with E-state index in [0.29, 0.717) is 5.56 Å². The second-order valence-corrected chi connectivity index (χ2v) is 5.34. The summed E-state index contributed by atoms with van der Waals surface area (Å²) >= 11 is 0. The zero-order valence-electron chi connectivity index (χ0n) is 12.8. The third-order valence-corrected chi connectivity index (χ3v) is 3.63. The Morgan fingerprint density at radius 3 is 1.91 bits per heavy atom. The summed E-state index contributed by atoms with van der Waals surface area (Å²) in [5.74, 6) is 0.816. The molecule has 112 valence electrons. The van der Waals surface area contributed by atoms with Gasteiger partial charge in [0.2, 0.25) is 0 Å². The van der Waals surface area contributed by atoms with Gasteiger partial charge >= 0.3 is 0 Å². The van der Waals surface area contributed by atoms with Gasteiger partial charge in [0.05, 0.1) is 11.6 Å². The van der Waals surface area contributed by atoms with Crippen LogP contribution in [0.5, 0.6) is 0 Å². The molecule has 0 saturated heterocycles. The van der Waals surface area contributed by atoms with Gasteiger partial charge in [0.15, 0.2) is 0 Å². The van der Waals surface area contributed by atoms with Gasteiger partial charge in [0.1, 0.15) is 5.82 Å². The van der Waals surface area contributed by atoms with Gasteiger partial charge in [-0.05, 0) is 23.3 Å². The molecule has 0 bridgehead atoms. The Labute approximate surface area is 136 Å². The van der Waals surface area contributed by atoms with Gasteiger partial charge in [-0.15, -0.1) is 0 Å². The molecular formula is C20H17N3. The minimum absolute atomic E-state index is 0.626. The summed E-state index contributed by atoms with van der Waals surface area (Å²) in [4.78, 5) is 6.64. The highest BCUT2D eigenvalue weighted by molar-refractivity contribution is 5.46. The first-order chi connectivity index (χ1) is 11.3. The van der Waals surface area contributed by atoms with Crippen LogP contribution in [0.2, 0.25) is 0 Å².